The molecule has 0 radical (unpaired) electrons. The predicted molar refractivity (Wildman–Crippen MR) is 98.3 cm³/mol. The summed E-state index contributed by atoms with van der Waals surface area (Å²) < 4.78 is 1.62. The lowest BCUT2D eigenvalue weighted by Crippen LogP contribution is -2.27. The molecule has 0 bridgehead atoms. The van der Waals surface area contributed by atoms with Gasteiger partial charge in [-0.05, 0) is 32.0 Å². The van der Waals surface area contributed by atoms with E-state index in [2.05, 4.69) is 51.7 Å². The zero-order valence-electron chi connectivity index (χ0n) is 15.1. The maximum absolute atomic E-state index is 12.4. The fourth-order valence-corrected chi connectivity index (χ4v) is 2.75. The minimum atomic E-state index is -0.283. The number of carbonyl (C=O) groups excluding carboxylic acids is 1. The average Bonchev–Trinajstić information content (AvgIpc) is 3.16. The van der Waals surface area contributed by atoms with Gasteiger partial charge < -0.3 is 5.32 Å². The first kappa shape index (κ1) is 19.4. The van der Waals surface area contributed by atoms with Gasteiger partial charge in [0.2, 0.25) is 5.95 Å². The molecule has 8 nitrogen and oxygen atoms in total. The molecule has 0 aliphatic carbocycles. The van der Waals surface area contributed by atoms with Crippen LogP contribution in [0.1, 0.15) is 61.5 Å². The van der Waals surface area contributed by atoms with Crippen molar-refractivity contribution in [1.29, 1.82) is 0 Å². The van der Waals surface area contributed by atoms with Crippen LogP contribution in [0, 0.1) is 0 Å². The quantitative estimate of drug-likeness (QED) is 0.770. The Labute approximate surface area is 153 Å². The van der Waals surface area contributed by atoms with Crippen molar-refractivity contribution < 1.29 is 4.79 Å². The van der Waals surface area contributed by atoms with E-state index in [0.717, 1.165) is 37.4 Å². The number of aromatic nitrogens is 5. The first-order valence-corrected chi connectivity index (χ1v) is 8.33. The van der Waals surface area contributed by atoms with Crippen molar-refractivity contribution in [2.24, 2.45) is 7.05 Å². The number of amides is 1. The third-order valence-corrected chi connectivity index (χ3v) is 4.33. The molecule has 2 aromatic rings. The first-order chi connectivity index (χ1) is 11.3. The lowest BCUT2D eigenvalue weighted by atomic mass is 9.92. The second-order valence-electron chi connectivity index (χ2n) is 7.31. The van der Waals surface area contributed by atoms with Crippen LogP contribution in [0.3, 0.4) is 0 Å². The van der Waals surface area contributed by atoms with E-state index in [0.29, 0.717) is 17.6 Å². The minimum absolute atomic E-state index is 0. The Bertz CT molecular complexity index is 725. The Morgan fingerprint density at radius 2 is 2.00 bits per heavy atom. The van der Waals surface area contributed by atoms with Crippen LogP contribution in [-0.2, 0) is 12.5 Å². The summed E-state index contributed by atoms with van der Waals surface area (Å²) in [6, 6.07) is 1.78. The summed E-state index contributed by atoms with van der Waals surface area (Å²) >= 11 is 0. The van der Waals surface area contributed by atoms with Crippen molar-refractivity contribution in [2.45, 2.75) is 44.9 Å². The van der Waals surface area contributed by atoms with E-state index in [1.165, 1.54) is 0 Å². The highest BCUT2D eigenvalue weighted by Gasteiger charge is 2.23. The number of H-pyrrole nitrogens is 1. The molecule has 0 spiro atoms. The van der Waals surface area contributed by atoms with Gasteiger partial charge in [-0.15, -0.1) is 12.4 Å². The van der Waals surface area contributed by atoms with Crippen molar-refractivity contribution in [1.82, 2.24) is 30.3 Å². The molecular weight excluding hydrogens is 342 g/mol. The third-order valence-electron chi connectivity index (χ3n) is 4.33. The van der Waals surface area contributed by atoms with E-state index in [4.69, 9.17) is 0 Å². The standard InChI is InChI=1S/C16H25N7O.ClH/c1-16(2,3)12-9-11(20-21-12)14(24)19-15-18-13(22-23(15)4)10-5-7-17-8-6-10;/h9-10,17H,5-8H2,1-4H3,(H,20,21)(H,18,19,22,24);1H. The number of carbonyl (C=O) groups is 1. The summed E-state index contributed by atoms with van der Waals surface area (Å²) in [5.74, 6) is 1.32. The molecular formula is C16H26ClN7O. The van der Waals surface area contributed by atoms with E-state index in [1.54, 1.807) is 17.8 Å². The molecule has 2 aromatic heterocycles. The molecule has 25 heavy (non-hydrogen) atoms. The van der Waals surface area contributed by atoms with Gasteiger partial charge in [0.05, 0.1) is 0 Å². The van der Waals surface area contributed by atoms with E-state index >= 15 is 0 Å². The van der Waals surface area contributed by atoms with E-state index in [9.17, 15) is 4.79 Å². The van der Waals surface area contributed by atoms with Crippen LogP contribution < -0.4 is 10.6 Å². The predicted octanol–water partition coefficient (Wildman–Crippen LogP) is 1.98. The fourth-order valence-electron chi connectivity index (χ4n) is 2.75. The molecule has 1 saturated heterocycles. The molecule has 138 valence electrons. The maximum atomic E-state index is 12.4. The number of rotatable bonds is 3. The summed E-state index contributed by atoms with van der Waals surface area (Å²) in [5, 5.41) is 17.6. The molecule has 0 unspecified atom stereocenters. The van der Waals surface area contributed by atoms with Gasteiger partial charge >= 0.3 is 0 Å². The summed E-state index contributed by atoms with van der Waals surface area (Å²) in [6.07, 6.45) is 2.04. The minimum Gasteiger partial charge on any atom is -0.317 e. The van der Waals surface area contributed by atoms with Gasteiger partial charge in [-0.1, -0.05) is 20.8 Å². The van der Waals surface area contributed by atoms with Crippen LogP contribution >= 0.6 is 12.4 Å². The van der Waals surface area contributed by atoms with E-state index < -0.39 is 0 Å². The number of nitrogens with one attached hydrogen (secondary N) is 3. The molecule has 1 aliphatic heterocycles. The number of aromatic amines is 1. The van der Waals surface area contributed by atoms with Crippen LogP contribution in [0.15, 0.2) is 6.07 Å². The molecule has 3 heterocycles. The van der Waals surface area contributed by atoms with Gasteiger partial charge in [-0.25, -0.2) is 4.68 Å². The normalized spacial score (nSPS) is 15.7. The van der Waals surface area contributed by atoms with Gasteiger partial charge in [0, 0.05) is 24.1 Å². The molecule has 1 aliphatic rings. The number of aryl methyl sites for hydroxylation is 1. The Morgan fingerprint density at radius 1 is 1.32 bits per heavy atom. The van der Waals surface area contributed by atoms with E-state index in [-0.39, 0.29) is 23.7 Å². The second kappa shape index (κ2) is 7.53. The Kier molecular flexibility index (Phi) is 5.84. The fraction of sp³-hybridized carbons (Fsp3) is 0.625. The topological polar surface area (TPSA) is 101 Å². The summed E-state index contributed by atoms with van der Waals surface area (Å²) in [7, 11) is 1.79. The van der Waals surface area contributed by atoms with Gasteiger partial charge in [0.15, 0.2) is 11.5 Å². The van der Waals surface area contributed by atoms with Gasteiger partial charge in [-0.3, -0.25) is 15.2 Å². The zero-order valence-corrected chi connectivity index (χ0v) is 15.9. The van der Waals surface area contributed by atoms with Crippen LogP contribution in [0.25, 0.3) is 0 Å². The highest BCUT2D eigenvalue weighted by Crippen LogP contribution is 2.24. The molecule has 1 amide bonds. The number of halogens is 1. The van der Waals surface area contributed by atoms with Crippen LogP contribution in [0.2, 0.25) is 0 Å². The summed E-state index contributed by atoms with van der Waals surface area (Å²) in [5.41, 5.74) is 1.19. The van der Waals surface area contributed by atoms with Crippen LogP contribution in [0.5, 0.6) is 0 Å². The van der Waals surface area contributed by atoms with Crippen molar-refractivity contribution in [2.75, 3.05) is 18.4 Å². The van der Waals surface area contributed by atoms with Crippen LogP contribution in [-0.4, -0.2) is 44.0 Å². The average molecular weight is 368 g/mol. The van der Waals surface area contributed by atoms with Crippen molar-refractivity contribution in [3.63, 3.8) is 0 Å². The summed E-state index contributed by atoms with van der Waals surface area (Å²) in [4.78, 5) is 16.9. The van der Waals surface area contributed by atoms with Crippen LogP contribution in [0.4, 0.5) is 5.95 Å². The lowest BCUT2D eigenvalue weighted by molar-refractivity contribution is 0.102. The molecule has 0 aromatic carbocycles. The third kappa shape index (κ3) is 4.38. The molecule has 1 fully saturated rings. The maximum Gasteiger partial charge on any atom is 0.278 e. The monoisotopic (exact) mass is 367 g/mol. The molecule has 0 atom stereocenters. The highest BCUT2D eigenvalue weighted by atomic mass is 35.5. The molecule has 9 heteroatoms. The number of hydrogen-bond acceptors (Lipinski definition) is 5. The Balaban J connectivity index is 0.00000225. The Morgan fingerprint density at radius 3 is 2.60 bits per heavy atom. The lowest BCUT2D eigenvalue weighted by Gasteiger charge is -2.19. The SMILES string of the molecule is Cl.Cn1nc(C2CCNCC2)nc1NC(=O)c1cc(C(C)(C)C)[nH]n1. The van der Waals surface area contributed by atoms with Crippen molar-refractivity contribution in [3.05, 3.63) is 23.3 Å². The second-order valence-corrected chi connectivity index (χ2v) is 7.31. The van der Waals surface area contributed by atoms with Crippen molar-refractivity contribution in [3.8, 4) is 0 Å². The van der Waals surface area contributed by atoms with Gasteiger partial charge in [0.25, 0.3) is 5.91 Å². The molecule has 3 N–H and O–H groups in total. The van der Waals surface area contributed by atoms with Gasteiger partial charge in [-0.2, -0.15) is 15.2 Å². The zero-order chi connectivity index (χ0) is 17.3. The smallest absolute Gasteiger partial charge is 0.278 e. The van der Waals surface area contributed by atoms with Gasteiger partial charge in [0.1, 0.15) is 0 Å². The number of anilines is 1. The largest absolute Gasteiger partial charge is 0.317 e. The Hall–Kier alpha value is -1.93. The van der Waals surface area contributed by atoms with Crippen molar-refractivity contribution >= 4 is 24.3 Å². The highest BCUT2D eigenvalue weighted by molar-refractivity contribution is 6.01. The summed E-state index contributed by atoms with van der Waals surface area (Å²) in [6.45, 7) is 8.16. The van der Waals surface area contributed by atoms with E-state index in [1.807, 2.05) is 0 Å². The number of nitrogens with zero attached hydrogens (tertiary/aromatic N) is 4. The number of hydrogen-bond donors (Lipinski definition) is 3. The molecule has 3 rings (SSSR count). The first-order valence-electron chi connectivity index (χ1n) is 8.33. The molecule has 0 saturated carbocycles. The number of piperidine rings is 1.